The van der Waals surface area contributed by atoms with Gasteiger partial charge in [0.1, 0.15) is 0 Å². The van der Waals surface area contributed by atoms with E-state index >= 15 is 0 Å². The minimum absolute atomic E-state index is 0.166. The van der Waals surface area contributed by atoms with Gasteiger partial charge in [-0.25, -0.2) is 0 Å². The van der Waals surface area contributed by atoms with Crippen LogP contribution in [0.3, 0.4) is 0 Å². The molecule has 0 saturated heterocycles. The van der Waals surface area contributed by atoms with Crippen LogP contribution in [0.2, 0.25) is 5.02 Å². The molecule has 0 bridgehead atoms. The molecule has 12 heavy (non-hydrogen) atoms. The summed E-state index contributed by atoms with van der Waals surface area (Å²) in [5, 5.41) is 9.42. The van der Waals surface area contributed by atoms with E-state index in [4.69, 9.17) is 16.7 Å². The molecule has 1 aromatic carbocycles. The van der Waals surface area contributed by atoms with Crippen LogP contribution in [-0.2, 0) is 0 Å². The van der Waals surface area contributed by atoms with Gasteiger partial charge in [0.2, 0.25) is 0 Å². The molecular weight excluding hydrogens is 174 g/mol. The van der Waals surface area contributed by atoms with Crippen LogP contribution in [0.15, 0.2) is 24.3 Å². The molecule has 0 aliphatic carbocycles. The smallest absolute Gasteiger partial charge is 0.0606 e. The van der Waals surface area contributed by atoms with Gasteiger partial charge in [-0.3, -0.25) is 0 Å². The molecule has 0 amide bonds. The maximum absolute atomic E-state index is 8.68. The largest absolute Gasteiger partial charge is 0.395 e. The molecule has 1 rings (SSSR count). The van der Waals surface area contributed by atoms with Crippen molar-refractivity contribution >= 4 is 17.3 Å². The summed E-state index contributed by atoms with van der Waals surface area (Å²) in [5.74, 6) is 0. The van der Waals surface area contributed by atoms with E-state index in [1.165, 1.54) is 0 Å². The molecule has 66 valence electrons. The van der Waals surface area contributed by atoms with E-state index in [0.29, 0.717) is 6.54 Å². The van der Waals surface area contributed by atoms with Crippen LogP contribution in [0.1, 0.15) is 0 Å². The number of halogens is 1. The highest BCUT2D eigenvalue weighted by Crippen LogP contribution is 2.15. The monoisotopic (exact) mass is 185 g/mol. The van der Waals surface area contributed by atoms with E-state index in [2.05, 4.69) is 0 Å². The van der Waals surface area contributed by atoms with Crippen LogP contribution in [0.25, 0.3) is 0 Å². The average molecular weight is 186 g/mol. The maximum Gasteiger partial charge on any atom is 0.0606 e. The molecule has 0 aliphatic rings. The highest BCUT2D eigenvalue weighted by atomic mass is 35.5. The van der Waals surface area contributed by atoms with Crippen molar-refractivity contribution < 1.29 is 5.11 Å². The Morgan fingerprint density at radius 1 is 1.33 bits per heavy atom. The zero-order chi connectivity index (χ0) is 8.97. The molecule has 3 heteroatoms. The number of rotatable bonds is 3. The van der Waals surface area contributed by atoms with Crippen molar-refractivity contribution in [3.8, 4) is 0 Å². The SMILES string of the molecule is CN(CCO)c1ccc(Cl)cc1. The van der Waals surface area contributed by atoms with Crippen LogP contribution in [0.5, 0.6) is 0 Å². The Balaban J connectivity index is 2.68. The van der Waals surface area contributed by atoms with Crippen molar-refractivity contribution in [1.29, 1.82) is 0 Å². The van der Waals surface area contributed by atoms with Gasteiger partial charge in [-0.1, -0.05) is 11.6 Å². The number of aliphatic hydroxyl groups is 1. The molecule has 0 radical (unpaired) electrons. The van der Waals surface area contributed by atoms with E-state index in [-0.39, 0.29) is 6.61 Å². The first-order valence-corrected chi connectivity index (χ1v) is 4.19. The van der Waals surface area contributed by atoms with Gasteiger partial charge in [-0.15, -0.1) is 0 Å². The minimum atomic E-state index is 0.166. The first-order valence-electron chi connectivity index (χ1n) is 3.81. The van der Waals surface area contributed by atoms with Crippen molar-refractivity contribution in [3.63, 3.8) is 0 Å². The van der Waals surface area contributed by atoms with Gasteiger partial charge in [0.25, 0.3) is 0 Å². The third-order valence-corrected chi connectivity index (χ3v) is 1.95. The summed E-state index contributed by atoms with van der Waals surface area (Å²) in [4.78, 5) is 1.97. The standard InChI is InChI=1S/C9H12ClNO/c1-11(6-7-12)9-4-2-8(10)3-5-9/h2-5,12H,6-7H2,1H3. The van der Waals surface area contributed by atoms with Gasteiger partial charge in [-0.05, 0) is 24.3 Å². The lowest BCUT2D eigenvalue weighted by molar-refractivity contribution is 0.304. The van der Waals surface area contributed by atoms with Crippen LogP contribution in [0.4, 0.5) is 5.69 Å². The predicted molar refractivity (Wildman–Crippen MR) is 51.8 cm³/mol. The maximum atomic E-state index is 8.68. The molecule has 1 aromatic rings. The molecule has 0 aromatic heterocycles. The molecule has 2 nitrogen and oxygen atoms in total. The van der Waals surface area contributed by atoms with Gasteiger partial charge in [0.15, 0.2) is 0 Å². The zero-order valence-corrected chi connectivity index (χ0v) is 7.75. The second-order valence-corrected chi connectivity index (χ2v) is 3.06. The lowest BCUT2D eigenvalue weighted by atomic mass is 10.3. The lowest BCUT2D eigenvalue weighted by Crippen LogP contribution is -2.20. The first kappa shape index (κ1) is 9.36. The molecular formula is C9H12ClNO. The van der Waals surface area contributed by atoms with E-state index in [1.807, 2.05) is 36.2 Å². The molecule has 1 N–H and O–H groups in total. The number of aliphatic hydroxyl groups excluding tert-OH is 1. The van der Waals surface area contributed by atoms with Gasteiger partial charge in [-0.2, -0.15) is 0 Å². The minimum Gasteiger partial charge on any atom is -0.395 e. The molecule has 0 atom stereocenters. The van der Waals surface area contributed by atoms with Gasteiger partial charge < -0.3 is 10.0 Å². The number of hydrogen-bond donors (Lipinski definition) is 1. The molecule has 0 spiro atoms. The summed E-state index contributed by atoms with van der Waals surface area (Å²) < 4.78 is 0. The van der Waals surface area contributed by atoms with E-state index < -0.39 is 0 Å². The molecule has 0 unspecified atom stereocenters. The fourth-order valence-electron chi connectivity index (χ4n) is 0.975. The molecule has 0 saturated carbocycles. The second-order valence-electron chi connectivity index (χ2n) is 2.62. The normalized spacial score (nSPS) is 9.92. The number of anilines is 1. The highest BCUT2D eigenvalue weighted by Gasteiger charge is 1.97. The summed E-state index contributed by atoms with van der Waals surface area (Å²) in [6.45, 7) is 0.806. The Morgan fingerprint density at radius 3 is 2.42 bits per heavy atom. The number of hydrogen-bond acceptors (Lipinski definition) is 2. The van der Waals surface area contributed by atoms with Gasteiger partial charge >= 0.3 is 0 Å². The first-order chi connectivity index (χ1) is 5.74. The summed E-state index contributed by atoms with van der Waals surface area (Å²) in [5.41, 5.74) is 1.06. The fraction of sp³-hybridized carbons (Fsp3) is 0.333. The fourth-order valence-corrected chi connectivity index (χ4v) is 1.10. The van der Waals surface area contributed by atoms with Gasteiger partial charge in [0, 0.05) is 24.3 Å². The summed E-state index contributed by atoms with van der Waals surface area (Å²) in [6, 6.07) is 7.53. The lowest BCUT2D eigenvalue weighted by Gasteiger charge is -2.17. The Bertz CT molecular complexity index is 235. The van der Waals surface area contributed by atoms with Crippen LogP contribution < -0.4 is 4.90 Å². The molecule has 0 fully saturated rings. The molecule has 0 heterocycles. The summed E-state index contributed by atoms with van der Waals surface area (Å²) >= 11 is 5.73. The third kappa shape index (κ3) is 2.40. The molecule has 0 aliphatic heterocycles. The van der Waals surface area contributed by atoms with Gasteiger partial charge in [0.05, 0.1) is 6.61 Å². The van der Waals surface area contributed by atoms with Crippen molar-refractivity contribution in [1.82, 2.24) is 0 Å². The van der Waals surface area contributed by atoms with Crippen LogP contribution in [-0.4, -0.2) is 25.3 Å². The quantitative estimate of drug-likeness (QED) is 0.776. The second kappa shape index (κ2) is 4.33. The summed E-state index contributed by atoms with van der Waals surface area (Å²) in [6.07, 6.45) is 0. The predicted octanol–water partition coefficient (Wildman–Crippen LogP) is 1.77. The van der Waals surface area contributed by atoms with E-state index in [0.717, 1.165) is 10.7 Å². The Hall–Kier alpha value is -0.730. The van der Waals surface area contributed by atoms with E-state index in [9.17, 15) is 0 Å². The van der Waals surface area contributed by atoms with Crippen molar-refractivity contribution in [3.05, 3.63) is 29.3 Å². The van der Waals surface area contributed by atoms with Crippen LogP contribution >= 0.6 is 11.6 Å². The Labute approximate surface area is 77.4 Å². The van der Waals surface area contributed by atoms with E-state index in [1.54, 1.807) is 0 Å². The van der Waals surface area contributed by atoms with Crippen molar-refractivity contribution in [2.75, 3.05) is 25.1 Å². The third-order valence-electron chi connectivity index (χ3n) is 1.70. The zero-order valence-electron chi connectivity index (χ0n) is 7.00. The van der Waals surface area contributed by atoms with Crippen molar-refractivity contribution in [2.45, 2.75) is 0 Å². The average Bonchev–Trinajstić information content (AvgIpc) is 2.06. The number of nitrogens with zero attached hydrogens (tertiary/aromatic N) is 1. The topological polar surface area (TPSA) is 23.5 Å². The Kier molecular flexibility index (Phi) is 3.38. The highest BCUT2D eigenvalue weighted by molar-refractivity contribution is 6.30. The Morgan fingerprint density at radius 2 is 1.92 bits per heavy atom. The van der Waals surface area contributed by atoms with Crippen molar-refractivity contribution in [2.24, 2.45) is 0 Å². The van der Waals surface area contributed by atoms with Crippen LogP contribution in [0, 0.1) is 0 Å². The number of benzene rings is 1. The summed E-state index contributed by atoms with van der Waals surface area (Å²) in [7, 11) is 1.93. The number of likely N-dealkylation sites (N-methyl/N-ethyl adjacent to an activating group) is 1.